The molecular weight excluding hydrogens is 496 g/mol. The molecule has 16 heteroatoms. The van der Waals surface area contributed by atoms with Crippen molar-refractivity contribution in [3.05, 3.63) is 17.7 Å². The number of carbonyl (C=O) groups excluding carboxylic acids is 1. The van der Waals surface area contributed by atoms with E-state index in [4.69, 9.17) is 27.9 Å². The Morgan fingerprint density at radius 2 is 1.00 bits per heavy atom. The fourth-order valence-corrected chi connectivity index (χ4v) is 3.73. The van der Waals surface area contributed by atoms with Gasteiger partial charge < -0.3 is 14.2 Å². The third kappa shape index (κ3) is 12.8. The Hall–Kier alpha value is -1.98. The zero-order chi connectivity index (χ0) is 24.4. The lowest BCUT2D eigenvalue weighted by Gasteiger charge is -2.17. The Bertz CT molecular complexity index is 1020. The summed E-state index contributed by atoms with van der Waals surface area (Å²) in [6.45, 7) is -0.625. The van der Waals surface area contributed by atoms with E-state index < -0.39 is 47.6 Å². The molecule has 0 saturated heterocycles. The SMILES string of the molecule is O=Cc1cc(OCCCS(=O)(=O)O)c(OCCCS(=O)(=O)O)c(OCCCS(=O)(=O)O)c1. The first-order valence-corrected chi connectivity index (χ1v) is 13.9. The maximum atomic E-state index is 11.2. The maximum absolute atomic E-state index is 11.2. The lowest BCUT2D eigenvalue weighted by atomic mass is 10.2. The van der Waals surface area contributed by atoms with Crippen LogP contribution >= 0.6 is 0 Å². The second kappa shape index (κ2) is 12.3. The maximum Gasteiger partial charge on any atom is 0.264 e. The Morgan fingerprint density at radius 3 is 1.31 bits per heavy atom. The van der Waals surface area contributed by atoms with Gasteiger partial charge in [0.25, 0.3) is 30.4 Å². The summed E-state index contributed by atoms with van der Waals surface area (Å²) in [5.41, 5.74) is 0.0739. The van der Waals surface area contributed by atoms with Gasteiger partial charge in [0.05, 0.1) is 37.1 Å². The third-order valence-electron chi connectivity index (χ3n) is 3.58. The number of hydrogen-bond acceptors (Lipinski definition) is 10. The van der Waals surface area contributed by atoms with E-state index in [1.165, 1.54) is 12.1 Å². The molecule has 0 aromatic heterocycles. The van der Waals surface area contributed by atoms with Crippen LogP contribution in [0.15, 0.2) is 12.1 Å². The van der Waals surface area contributed by atoms with E-state index >= 15 is 0 Å². The topological polar surface area (TPSA) is 208 Å². The van der Waals surface area contributed by atoms with Gasteiger partial charge in [-0.05, 0) is 31.4 Å². The smallest absolute Gasteiger partial charge is 0.264 e. The highest BCUT2D eigenvalue weighted by atomic mass is 32.2. The van der Waals surface area contributed by atoms with Crippen molar-refractivity contribution in [2.75, 3.05) is 37.1 Å². The molecule has 0 aliphatic rings. The molecule has 1 aromatic rings. The number of carbonyl (C=O) groups is 1. The molecule has 1 aromatic carbocycles. The van der Waals surface area contributed by atoms with Gasteiger partial charge >= 0.3 is 0 Å². The first-order valence-electron chi connectivity index (χ1n) is 9.07. The summed E-state index contributed by atoms with van der Waals surface area (Å²) >= 11 is 0. The lowest BCUT2D eigenvalue weighted by Crippen LogP contribution is -2.12. The van der Waals surface area contributed by atoms with Gasteiger partial charge in [-0.2, -0.15) is 25.3 Å². The van der Waals surface area contributed by atoms with Crippen molar-refractivity contribution in [2.24, 2.45) is 0 Å². The Balaban J connectivity index is 3.03. The van der Waals surface area contributed by atoms with E-state index in [1.807, 2.05) is 0 Å². The highest BCUT2D eigenvalue weighted by molar-refractivity contribution is 7.86. The number of hydrogen-bond donors (Lipinski definition) is 3. The average molecular weight is 521 g/mol. The largest absolute Gasteiger partial charge is 0.489 e. The van der Waals surface area contributed by atoms with Crippen LogP contribution in [0.3, 0.4) is 0 Å². The van der Waals surface area contributed by atoms with E-state index in [1.54, 1.807) is 0 Å². The van der Waals surface area contributed by atoms with Crippen molar-refractivity contribution < 1.29 is 57.9 Å². The molecule has 0 aliphatic heterocycles. The Labute approximate surface area is 185 Å². The van der Waals surface area contributed by atoms with Gasteiger partial charge in [-0.3, -0.25) is 18.5 Å². The monoisotopic (exact) mass is 520 g/mol. The summed E-state index contributed by atoms with van der Waals surface area (Å²) < 4.78 is 108. The molecule has 184 valence electrons. The minimum atomic E-state index is -4.22. The van der Waals surface area contributed by atoms with Gasteiger partial charge in [0.1, 0.15) is 6.29 Å². The molecule has 0 atom stereocenters. The van der Waals surface area contributed by atoms with Gasteiger partial charge in [-0.15, -0.1) is 0 Å². The molecule has 0 heterocycles. The summed E-state index contributed by atoms with van der Waals surface area (Å²) in [6.07, 6.45) is 0.144. The zero-order valence-corrected chi connectivity index (χ0v) is 19.2. The van der Waals surface area contributed by atoms with E-state index in [2.05, 4.69) is 0 Å². The van der Waals surface area contributed by atoms with Crippen LogP contribution in [-0.2, 0) is 30.4 Å². The van der Waals surface area contributed by atoms with Crippen LogP contribution in [0.2, 0.25) is 0 Å². The van der Waals surface area contributed by atoms with Crippen LogP contribution in [0.4, 0.5) is 0 Å². The third-order valence-corrected chi connectivity index (χ3v) is 5.99. The van der Waals surface area contributed by atoms with E-state index in [9.17, 15) is 30.0 Å². The summed E-state index contributed by atoms with van der Waals surface area (Å²) in [4.78, 5) is 11.2. The first kappa shape index (κ1) is 28.1. The van der Waals surface area contributed by atoms with Gasteiger partial charge in [0.15, 0.2) is 11.5 Å². The van der Waals surface area contributed by atoms with Crippen molar-refractivity contribution in [1.29, 1.82) is 0 Å². The van der Waals surface area contributed by atoms with Gasteiger partial charge in [0, 0.05) is 5.56 Å². The molecule has 0 radical (unpaired) electrons. The van der Waals surface area contributed by atoms with Crippen LogP contribution in [0, 0.1) is 0 Å². The van der Waals surface area contributed by atoms with E-state index in [0.717, 1.165) is 0 Å². The van der Waals surface area contributed by atoms with E-state index in [-0.39, 0.29) is 61.9 Å². The van der Waals surface area contributed by atoms with Crippen LogP contribution in [0.1, 0.15) is 29.6 Å². The number of aldehydes is 1. The molecule has 13 nitrogen and oxygen atoms in total. The molecule has 0 amide bonds. The summed E-state index contributed by atoms with van der Waals surface area (Å²) in [7, 11) is -12.6. The summed E-state index contributed by atoms with van der Waals surface area (Å²) in [5, 5.41) is 0. The summed E-state index contributed by atoms with van der Waals surface area (Å²) in [6, 6.07) is 2.51. The molecule has 0 saturated carbocycles. The van der Waals surface area contributed by atoms with Crippen molar-refractivity contribution in [3.63, 3.8) is 0 Å². The normalized spacial score (nSPS) is 12.3. The molecule has 0 aliphatic carbocycles. The Kier molecular flexibility index (Phi) is 10.8. The van der Waals surface area contributed by atoms with Gasteiger partial charge in [0.2, 0.25) is 5.75 Å². The number of benzene rings is 1. The van der Waals surface area contributed by atoms with Crippen molar-refractivity contribution in [3.8, 4) is 17.2 Å². The van der Waals surface area contributed by atoms with Crippen LogP contribution < -0.4 is 14.2 Å². The molecule has 1 rings (SSSR count). The zero-order valence-electron chi connectivity index (χ0n) is 16.7. The highest BCUT2D eigenvalue weighted by Gasteiger charge is 2.17. The van der Waals surface area contributed by atoms with E-state index in [0.29, 0.717) is 6.29 Å². The van der Waals surface area contributed by atoms with Crippen molar-refractivity contribution in [2.45, 2.75) is 19.3 Å². The first-order chi connectivity index (χ1) is 14.7. The molecule has 32 heavy (non-hydrogen) atoms. The fraction of sp³-hybridized carbons (Fsp3) is 0.562. The second-order valence-corrected chi connectivity index (χ2v) is 11.1. The average Bonchev–Trinajstić information content (AvgIpc) is 2.64. The number of rotatable bonds is 16. The minimum Gasteiger partial charge on any atom is -0.489 e. The fourth-order valence-electron chi connectivity index (χ4n) is 2.28. The Morgan fingerprint density at radius 1 is 0.656 bits per heavy atom. The predicted octanol–water partition coefficient (Wildman–Crippen LogP) is 0.469. The molecule has 0 spiro atoms. The van der Waals surface area contributed by atoms with Crippen LogP contribution in [0.5, 0.6) is 17.2 Å². The highest BCUT2D eigenvalue weighted by Crippen LogP contribution is 2.39. The molecule has 0 fully saturated rings. The van der Waals surface area contributed by atoms with Crippen LogP contribution in [-0.4, -0.2) is 82.3 Å². The summed E-state index contributed by atoms with van der Waals surface area (Å²) in [5.74, 6) is -1.93. The molecule has 3 N–H and O–H groups in total. The molecule has 0 bridgehead atoms. The standard InChI is InChI=1S/C16H24O13S3/c17-12-13-10-14(27-4-1-7-30(18,19)20)16(29-6-3-9-32(24,25)26)15(11-13)28-5-2-8-31(21,22)23/h10-12H,1-9H2,(H,18,19,20)(H,21,22,23)(H,24,25,26). The molecule has 0 unspecified atom stereocenters. The molecular formula is C16H24O13S3. The van der Waals surface area contributed by atoms with Crippen molar-refractivity contribution in [1.82, 2.24) is 0 Å². The van der Waals surface area contributed by atoms with Gasteiger partial charge in [-0.25, -0.2) is 0 Å². The lowest BCUT2D eigenvalue weighted by molar-refractivity contribution is 0.112. The second-order valence-electron chi connectivity index (χ2n) is 6.43. The quantitative estimate of drug-likeness (QED) is 0.154. The van der Waals surface area contributed by atoms with Crippen molar-refractivity contribution >= 4 is 36.6 Å². The number of ether oxygens (including phenoxy) is 3. The van der Waals surface area contributed by atoms with Gasteiger partial charge in [-0.1, -0.05) is 0 Å². The predicted molar refractivity (Wildman–Crippen MR) is 111 cm³/mol. The van der Waals surface area contributed by atoms with Crippen LogP contribution in [0.25, 0.3) is 0 Å². The minimum absolute atomic E-state index is 0.0541.